The summed E-state index contributed by atoms with van der Waals surface area (Å²) in [6.07, 6.45) is 7.81. The van der Waals surface area contributed by atoms with Gasteiger partial charge in [-0.25, -0.2) is 0 Å². The number of carbonyl (C=O) groups is 2. The number of nitrogens with one attached hydrogen (secondary N) is 2. The zero-order valence-corrected chi connectivity index (χ0v) is 17.0. The van der Waals surface area contributed by atoms with Crippen LogP contribution in [0.4, 0.5) is 5.69 Å². The molecule has 0 aliphatic heterocycles. The van der Waals surface area contributed by atoms with Gasteiger partial charge in [0, 0.05) is 11.7 Å². The lowest BCUT2D eigenvalue weighted by molar-refractivity contribution is -0.138. The summed E-state index contributed by atoms with van der Waals surface area (Å²) in [5, 5.41) is 5.89. The Morgan fingerprint density at radius 2 is 1.41 bits per heavy atom. The van der Waals surface area contributed by atoms with E-state index in [-0.39, 0.29) is 11.5 Å². The van der Waals surface area contributed by atoms with E-state index in [4.69, 9.17) is 0 Å². The predicted molar refractivity (Wildman–Crippen MR) is 107 cm³/mol. The Morgan fingerprint density at radius 1 is 0.926 bits per heavy atom. The minimum absolute atomic E-state index is 0.0596. The molecule has 1 atom stereocenters. The van der Waals surface area contributed by atoms with Crippen molar-refractivity contribution in [2.24, 2.45) is 23.2 Å². The molecule has 4 aliphatic carbocycles. The molecule has 4 bridgehead atoms. The summed E-state index contributed by atoms with van der Waals surface area (Å²) >= 11 is 0. The summed E-state index contributed by atoms with van der Waals surface area (Å²) in [7, 11) is 0. The Labute approximate surface area is 162 Å². The van der Waals surface area contributed by atoms with E-state index in [9.17, 15) is 9.59 Å². The molecule has 1 aromatic rings. The van der Waals surface area contributed by atoms with Crippen molar-refractivity contribution in [1.82, 2.24) is 5.32 Å². The summed E-state index contributed by atoms with van der Waals surface area (Å²) in [4.78, 5) is 25.2. The average molecular weight is 369 g/mol. The van der Waals surface area contributed by atoms with Crippen molar-refractivity contribution in [2.45, 2.75) is 72.3 Å². The van der Waals surface area contributed by atoms with E-state index in [0.29, 0.717) is 0 Å². The second-order valence-electron chi connectivity index (χ2n) is 9.70. The third-order valence-corrected chi connectivity index (χ3v) is 7.47. The number of anilines is 1. The number of amides is 2. The van der Waals surface area contributed by atoms with Crippen LogP contribution in [0.25, 0.3) is 0 Å². The zero-order valence-electron chi connectivity index (χ0n) is 17.0. The van der Waals surface area contributed by atoms with E-state index in [1.807, 2.05) is 32.9 Å². The van der Waals surface area contributed by atoms with Crippen molar-refractivity contribution in [3.05, 3.63) is 28.8 Å². The Morgan fingerprint density at radius 3 is 1.89 bits per heavy atom. The maximum Gasteiger partial charge on any atom is 0.313 e. The van der Waals surface area contributed by atoms with Gasteiger partial charge in [0.2, 0.25) is 0 Å². The van der Waals surface area contributed by atoms with Gasteiger partial charge in [0.25, 0.3) is 0 Å². The highest BCUT2D eigenvalue weighted by atomic mass is 16.2. The van der Waals surface area contributed by atoms with Crippen molar-refractivity contribution in [1.29, 1.82) is 0 Å². The van der Waals surface area contributed by atoms with Gasteiger partial charge in [-0.1, -0.05) is 17.7 Å². The van der Waals surface area contributed by atoms with Crippen LogP contribution >= 0.6 is 0 Å². The molecular weight excluding hydrogens is 336 g/mol. The first kappa shape index (κ1) is 18.5. The molecule has 146 valence electrons. The SMILES string of the molecule is Cc1cc(C)c(NC(=O)C(=O)NC(C)C23CC4CC(CC(C4)C2)C3)c(C)c1. The molecular formula is C23H32N2O2. The molecule has 1 aromatic carbocycles. The molecule has 2 amide bonds. The molecule has 27 heavy (non-hydrogen) atoms. The lowest BCUT2D eigenvalue weighted by Gasteiger charge is -2.59. The topological polar surface area (TPSA) is 58.2 Å². The fourth-order valence-corrected chi connectivity index (χ4v) is 6.67. The smallest absolute Gasteiger partial charge is 0.313 e. The first-order valence-electron chi connectivity index (χ1n) is 10.5. The third kappa shape index (κ3) is 3.39. The van der Waals surface area contributed by atoms with Crippen LogP contribution in [0, 0.1) is 43.9 Å². The van der Waals surface area contributed by atoms with Crippen LogP contribution in [0.1, 0.15) is 62.1 Å². The van der Waals surface area contributed by atoms with Crippen molar-refractivity contribution >= 4 is 17.5 Å². The zero-order chi connectivity index (χ0) is 19.3. The van der Waals surface area contributed by atoms with E-state index < -0.39 is 11.8 Å². The third-order valence-electron chi connectivity index (χ3n) is 7.47. The van der Waals surface area contributed by atoms with Gasteiger partial charge in [-0.05, 0) is 101 Å². The number of aryl methyl sites for hydroxylation is 3. The van der Waals surface area contributed by atoms with Crippen molar-refractivity contribution in [3.63, 3.8) is 0 Å². The van der Waals surface area contributed by atoms with Crippen LogP contribution in [0.3, 0.4) is 0 Å². The number of rotatable bonds is 3. The Bertz CT molecular complexity index is 724. The number of hydrogen-bond donors (Lipinski definition) is 2. The molecule has 0 saturated heterocycles. The fraction of sp³-hybridized carbons (Fsp3) is 0.652. The van der Waals surface area contributed by atoms with Gasteiger partial charge < -0.3 is 10.6 Å². The lowest BCUT2D eigenvalue weighted by atomic mass is 9.48. The lowest BCUT2D eigenvalue weighted by Crippen LogP contribution is -2.57. The Kier molecular flexibility index (Phi) is 4.56. The summed E-state index contributed by atoms with van der Waals surface area (Å²) in [6.45, 7) is 8.07. The minimum atomic E-state index is -0.554. The molecule has 0 spiro atoms. The molecule has 0 heterocycles. The first-order valence-corrected chi connectivity index (χ1v) is 10.5. The molecule has 5 rings (SSSR count). The first-order chi connectivity index (χ1) is 12.8. The van der Waals surface area contributed by atoms with E-state index >= 15 is 0 Å². The Balaban J connectivity index is 1.42. The quantitative estimate of drug-likeness (QED) is 0.783. The molecule has 4 heteroatoms. The highest BCUT2D eigenvalue weighted by Crippen LogP contribution is 2.61. The number of carbonyl (C=O) groups excluding carboxylic acids is 2. The second-order valence-corrected chi connectivity index (χ2v) is 9.70. The standard InChI is InChI=1S/C23H32N2O2/c1-13-5-14(2)20(15(3)6-13)25-22(27)21(26)24-16(4)23-10-17-7-18(11-23)9-19(8-17)12-23/h5-6,16-19H,7-12H2,1-4H3,(H,24,26)(H,25,27). The normalized spacial score (nSPS) is 32.2. The summed E-state index contributed by atoms with van der Waals surface area (Å²) < 4.78 is 0. The van der Waals surface area contributed by atoms with Gasteiger partial charge in [-0.2, -0.15) is 0 Å². The molecule has 2 N–H and O–H groups in total. The monoisotopic (exact) mass is 368 g/mol. The molecule has 4 nitrogen and oxygen atoms in total. The van der Waals surface area contributed by atoms with Crippen LogP contribution in [0.5, 0.6) is 0 Å². The predicted octanol–water partition coefficient (Wildman–Crippen LogP) is 4.27. The van der Waals surface area contributed by atoms with Crippen LogP contribution in [-0.2, 0) is 9.59 Å². The van der Waals surface area contributed by atoms with Gasteiger partial charge in [-0.3, -0.25) is 9.59 Å². The highest BCUT2D eigenvalue weighted by Gasteiger charge is 2.53. The molecule has 0 aromatic heterocycles. The van der Waals surface area contributed by atoms with E-state index in [0.717, 1.165) is 40.1 Å². The molecule has 0 radical (unpaired) electrons. The molecule has 4 aliphatic rings. The van der Waals surface area contributed by atoms with Gasteiger partial charge in [-0.15, -0.1) is 0 Å². The fourth-order valence-electron chi connectivity index (χ4n) is 6.67. The largest absolute Gasteiger partial charge is 0.345 e. The molecule has 4 saturated carbocycles. The van der Waals surface area contributed by atoms with E-state index in [2.05, 4.69) is 17.6 Å². The second kappa shape index (κ2) is 6.65. The van der Waals surface area contributed by atoms with E-state index in [1.165, 1.54) is 38.5 Å². The van der Waals surface area contributed by atoms with Crippen molar-refractivity contribution < 1.29 is 9.59 Å². The summed E-state index contributed by atoms with van der Waals surface area (Å²) in [5.74, 6) is 1.45. The maximum absolute atomic E-state index is 12.6. The maximum atomic E-state index is 12.6. The molecule has 4 fully saturated rings. The summed E-state index contributed by atoms with van der Waals surface area (Å²) in [6, 6.07) is 4.11. The number of hydrogen-bond acceptors (Lipinski definition) is 2. The van der Waals surface area contributed by atoms with Gasteiger partial charge in [0.1, 0.15) is 0 Å². The molecule has 1 unspecified atom stereocenters. The van der Waals surface area contributed by atoms with Crippen molar-refractivity contribution in [3.8, 4) is 0 Å². The highest BCUT2D eigenvalue weighted by molar-refractivity contribution is 6.39. The average Bonchev–Trinajstić information content (AvgIpc) is 2.56. The van der Waals surface area contributed by atoms with Gasteiger partial charge in [0.15, 0.2) is 0 Å². The van der Waals surface area contributed by atoms with Crippen LogP contribution < -0.4 is 10.6 Å². The Hall–Kier alpha value is -1.84. The van der Waals surface area contributed by atoms with Crippen LogP contribution in [0.15, 0.2) is 12.1 Å². The summed E-state index contributed by atoms with van der Waals surface area (Å²) in [5.41, 5.74) is 4.09. The van der Waals surface area contributed by atoms with Crippen molar-refractivity contribution in [2.75, 3.05) is 5.32 Å². The van der Waals surface area contributed by atoms with E-state index in [1.54, 1.807) is 0 Å². The van der Waals surface area contributed by atoms with Gasteiger partial charge >= 0.3 is 11.8 Å². The van der Waals surface area contributed by atoms with Crippen LogP contribution in [0.2, 0.25) is 0 Å². The van der Waals surface area contributed by atoms with Crippen LogP contribution in [-0.4, -0.2) is 17.9 Å². The van der Waals surface area contributed by atoms with Gasteiger partial charge in [0.05, 0.1) is 0 Å². The minimum Gasteiger partial charge on any atom is -0.345 e. The number of benzene rings is 1.